The number of nitrogens with zero attached hydrogens (tertiary/aromatic N) is 3. The number of aromatic hydroxyl groups is 1. The van der Waals surface area contributed by atoms with Gasteiger partial charge in [-0.1, -0.05) is 11.8 Å². The van der Waals surface area contributed by atoms with Gasteiger partial charge in [-0.3, -0.25) is 14.2 Å². The third-order valence-electron chi connectivity index (χ3n) is 6.64. The van der Waals surface area contributed by atoms with Gasteiger partial charge in [0, 0.05) is 10.4 Å². The number of hydrazone groups is 1. The van der Waals surface area contributed by atoms with Crippen LogP contribution < -0.4 is 20.5 Å². The number of carbonyl (C=O) groups excluding carboxylic acids is 1. The van der Waals surface area contributed by atoms with Crippen molar-refractivity contribution >= 4 is 44.9 Å². The molecule has 0 aliphatic heterocycles. The third kappa shape index (κ3) is 5.71. The Morgan fingerprint density at radius 3 is 2.73 bits per heavy atom. The monoisotopic (exact) mass is 578 g/mol. The summed E-state index contributed by atoms with van der Waals surface area (Å²) in [4.78, 5) is 33.5. The average Bonchev–Trinajstić information content (AvgIpc) is 3.34. The number of ether oxygens (including phenoxy) is 2. The lowest BCUT2D eigenvalue weighted by Crippen LogP contribution is -2.24. The molecule has 1 aliphatic carbocycles. The van der Waals surface area contributed by atoms with Crippen LogP contribution in [0.4, 0.5) is 0 Å². The van der Waals surface area contributed by atoms with Gasteiger partial charge < -0.3 is 14.6 Å². The molecule has 11 heteroatoms. The van der Waals surface area contributed by atoms with E-state index in [-0.39, 0.29) is 23.0 Å². The SMILES string of the molecule is CCOc1ccc(-n2c(SCC(=O)NN=C(C)c3ccc(O)c(OC)c3)nc3sc4c(c3c2=O)CCCC4)cc1. The minimum absolute atomic E-state index is 0.00967. The highest BCUT2D eigenvalue weighted by Crippen LogP contribution is 2.35. The Balaban J connectivity index is 1.42. The zero-order valence-corrected chi connectivity index (χ0v) is 24.2. The minimum Gasteiger partial charge on any atom is -0.504 e. The number of nitrogens with one attached hydrogen (secondary N) is 1. The van der Waals surface area contributed by atoms with Gasteiger partial charge in [0.2, 0.25) is 0 Å². The van der Waals surface area contributed by atoms with Crippen LogP contribution in [0.1, 0.15) is 42.7 Å². The second kappa shape index (κ2) is 12.1. The fourth-order valence-electron chi connectivity index (χ4n) is 4.64. The lowest BCUT2D eigenvalue weighted by Gasteiger charge is -2.14. The van der Waals surface area contributed by atoms with Crippen molar-refractivity contribution in [3.05, 3.63) is 68.8 Å². The average molecular weight is 579 g/mol. The van der Waals surface area contributed by atoms with Crippen molar-refractivity contribution in [2.24, 2.45) is 5.10 Å². The fraction of sp³-hybridized carbons (Fsp3) is 0.310. The molecule has 0 atom stereocenters. The number of rotatable bonds is 9. The molecule has 0 saturated carbocycles. The lowest BCUT2D eigenvalue weighted by atomic mass is 9.97. The number of hydrogen-bond donors (Lipinski definition) is 2. The topological polar surface area (TPSA) is 115 Å². The van der Waals surface area contributed by atoms with Crippen molar-refractivity contribution in [3.63, 3.8) is 0 Å². The molecule has 1 amide bonds. The molecular weight excluding hydrogens is 548 g/mol. The number of hydrogen-bond acceptors (Lipinski definition) is 9. The van der Waals surface area contributed by atoms with E-state index in [9.17, 15) is 14.7 Å². The third-order valence-corrected chi connectivity index (χ3v) is 8.77. The molecule has 0 bridgehead atoms. The summed E-state index contributed by atoms with van der Waals surface area (Å²) in [6.45, 7) is 4.21. The predicted molar refractivity (Wildman–Crippen MR) is 159 cm³/mol. The zero-order valence-electron chi connectivity index (χ0n) is 22.5. The number of aromatic nitrogens is 2. The molecule has 0 fully saturated rings. The molecular formula is C29H30N4O5S2. The molecule has 9 nitrogen and oxygen atoms in total. The van der Waals surface area contributed by atoms with Crippen molar-refractivity contribution in [3.8, 4) is 22.9 Å². The maximum atomic E-state index is 13.9. The highest BCUT2D eigenvalue weighted by Gasteiger charge is 2.23. The van der Waals surface area contributed by atoms with E-state index >= 15 is 0 Å². The zero-order chi connectivity index (χ0) is 28.2. The molecule has 2 heterocycles. The molecule has 2 aromatic heterocycles. The predicted octanol–water partition coefficient (Wildman–Crippen LogP) is 5.07. The van der Waals surface area contributed by atoms with Crippen molar-refractivity contribution in [1.29, 1.82) is 0 Å². The van der Waals surface area contributed by atoms with Crippen molar-refractivity contribution in [1.82, 2.24) is 15.0 Å². The van der Waals surface area contributed by atoms with E-state index in [4.69, 9.17) is 14.5 Å². The van der Waals surface area contributed by atoms with E-state index < -0.39 is 0 Å². The van der Waals surface area contributed by atoms with E-state index in [1.54, 1.807) is 35.0 Å². The second-order valence-electron chi connectivity index (χ2n) is 9.26. The van der Waals surface area contributed by atoms with Crippen LogP contribution in [0.2, 0.25) is 0 Å². The smallest absolute Gasteiger partial charge is 0.267 e. The summed E-state index contributed by atoms with van der Waals surface area (Å²) >= 11 is 2.77. The first kappa shape index (κ1) is 27.7. The summed E-state index contributed by atoms with van der Waals surface area (Å²) in [7, 11) is 1.47. The van der Waals surface area contributed by atoms with E-state index in [0.29, 0.717) is 45.6 Å². The highest BCUT2D eigenvalue weighted by atomic mass is 32.2. The Kier molecular flexibility index (Phi) is 8.41. The van der Waals surface area contributed by atoms with E-state index in [1.165, 1.54) is 29.8 Å². The highest BCUT2D eigenvalue weighted by molar-refractivity contribution is 7.99. The van der Waals surface area contributed by atoms with Crippen LogP contribution in [0.3, 0.4) is 0 Å². The molecule has 0 unspecified atom stereocenters. The number of methoxy groups -OCH3 is 1. The number of aryl methyl sites for hydroxylation is 2. The molecule has 0 spiro atoms. The number of carbonyl (C=O) groups is 1. The van der Waals surface area contributed by atoms with Crippen molar-refractivity contribution in [2.75, 3.05) is 19.5 Å². The van der Waals surface area contributed by atoms with Gasteiger partial charge in [-0.2, -0.15) is 5.10 Å². The minimum atomic E-state index is -0.340. The van der Waals surface area contributed by atoms with Gasteiger partial charge in [0.1, 0.15) is 10.6 Å². The van der Waals surface area contributed by atoms with Crippen LogP contribution in [-0.4, -0.2) is 45.7 Å². The standard InChI is InChI=1S/C29H30N4O5S2/c1-4-38-20-12-10-19(11-13-20)33-28(36)26-21-7-5-6-8-24(21)40-27(26)30-29(33)39-16-25(35)32-31-17(2)18-9-14-22(34)23(15-18)37-3/h9-15,34H,4-8,16H2,1-3H3,(H,32,35). The number of phenolic OH excluding ortho intramolecular Hbond substituents is 1. The van der Waals surface area contributed by atoms with Crippen LogP contribution in [0.25, 0.3) is 15.9 Å². The van der Waals surface area contributed by atoms with Gasteiger partial charge in [0.15, 0.2) is 16.7 Å². The van der Waals surface area contributed by atoms with Crippen LogP contribution in [-0.2, 0) is 17.6 Å². The fourth-order valence-corrected chi connectivity index (χ4v) is 6.75. The number of thiophene rings is 1. The first-order valence-electron chi connectivity index (χ1n) is 13.0. The normalized spacial score (nSPS) is 13.2. The number of benzene rings is 2. The first-order chi connectivity index (χ1) is 19.4. The summed E-state index contributed by atoms with van der Waals surface area (Å²) in [5, 5.41) is 15.1. The molecule has 4 aromatic rings. The lowest BCUT2D eigenvalue weighted by molar-refractivity contribution is -0.118. The van der Waals surface area contributed by atoms with Gasteiger partial charge in [-0.15, -0.1) is 11.3 Å². The maximum Gasteiger partial charge on any atom is 0.267 e. The van der Waals surface area contributed by atoms with Crippen molar-refractivity contribution in [2.45, 2.75) is 44.7 Å². The summed E-state index contributed by atoms with van der Waals surface area (Å²) in [6.07, 6.45) is 4.03. The second-order valence-corrected chi connectivity index (χ2v) is 11.3. The van der Waals surface area contributed by atoms with E-state index in [1.807, 2.05) is 31.2 Å². The van der Waals surface area contributed by atoms with Gasteiger partial charge in [-0.25, -0.2) is 10.4 Å². The van der Waals surface area contributed by atoms with Crippen LogP contribution in [0, 0.1) is 0 Å². The Morgan fingerprint density at radius 2 is 1.98 bits per heavy atom. The molecule has 208 valence electrons. The summed E-state index contributed by atoms with van der Waals surface area (Å²) in [6, 6.07) is 12.2. The number of thioether (sulfide) groups is 1. The summed E-state index contributed by atoms with van der Waals surface area (Å²) in [5.41, 5.74) is 5.48. The molecule has 2 aromatic carbocycles. The molecule has 0 radical (unpaired) electrons. The summed E-state index contributed by atoms with van der Waals surface area (Å²) in [5.74, 6) is 0.727. The Hall–Kier alpha value is -3.83. The van der Waals surface area contributed by atoms with E-state index in [0.717, 1.165) is 36.1 Å². The largest absolute Gasteiger partial charge is 0.504 e. The maximum absolute atomic E-state index is 13.9. The molecule has 2 N–H and O–H groups in total. The Bertz CT molecular complexity index is 1640. The molecule has 1 aliphatic rings. The number of amides is 1. The summed E-state index contributed by atoms with van der Waals surface area (Å²) < 4.78 is 12.3. The molecule has 0 saturated heterocycles. The molecule has 40 heavy (non-hydrogen) atoms. The first-order valence-corrected chi connectivity index (χ1v) is 14.8. The van der Waals surface area contributed by atoms with E-state index in [2.05, 4.69) is 10.5 Å². The van der Waals surface area contributed by atoms with Crippen LogP contribution in [0.5, 0.6) is 17.2 Å². The van der Waals surface area contributed by atoms with Crippen LogP contribution >= 0.6 is 23.1 Å². The quantitative estimate of drug-likeness (QED) is 0.123. The van der Waals surface area contributed by atoms with Gasteiger partial charge in [0.05, 0.1) is 36.3 Å². The van der Waals surface area contributed by atoms with Gasteiger partial charge >= 0.3 is 0 Å². The van der Waals surface area contributed by atoms with Crippen molar-refractivity contribution < 1.29 is 19.4 Å². The number of phenols is 1. The van der Waals surface area contributed by atoms with Gasteiger partial charge in [-0.05, 0) is 87.6 Å². The Morgan fingerprint density at radius 1 is 1.20 bits per heavy atom. The van der Waals surface area contributed by atoms with Gasteiger partial charge in [0.25, 0.3) is 11.5 Å². The Labute approximate surface area is 239 Å². The van der Waals surface area contributed by atoms with Crippen LogP contribution in [0.15, 0.2) is 57.5 Å². The molecule has 5 rings (SSSR count). The number of fused-ring (bicyclic) bond motifs is 3.